The zero-order chi connectivity index (χ0) is 20.7. The van der Waals surface area contributed by atoms with Gasteiger partial charge in [-0.2, -0.15) is 4.31 Å². The average molecular weight is 434 g/mol. The largest absolute Gasteiger partial charge is 0.351 e. The number of nitrogens with one attached hydrogen (secondary N) is 1. The quantitative estimate of drug-likeness (QED) is 0.648. The van der Waals surface area contributed by atoms with Crippen molar-refractivity contribution >= 4 is 27.7 Å². The number of rotatable bonds is 8. The molecule has 3 rings (SSSR count). The van der Waals surface area contributed by atoms with Crippen molar-refractivity contribution in [1.29, 1.82) is 0 Å². The molecule has 1 amide bonds. The normalized spacial score (nSPS) is 15.9. The van der Waals surface area contributed by atoms with Crippen LogP contribution in [0.5, 0.6) is 0 Å². The number of hydrogen-bond acceptors (Lipinski definition) is 5. The van der Waals surface area contributed by atoms with Crippen LogP contribution in [0, 0.1) is 0 Å². The van der Waals surface area contributed by atoms with Crippen LogP contribution in [0.4, 0.5) is 0 Å². The van der Waals surface area contributed by atoms with Gasteiger partial charge >= 0.3 is 0 Å². The third-order valence-electron chi connectivity index (χ3n) is 4.86. The van der Waals surface area contributed by atoms with Gasteiger partial charge in [-0.3, -0.25) is 9.69 Å². The van der Waals surface area contributed by atoms with E-state index in [4.69, 9.17) is 0 Å². The third kappa shape index (κ3) is 5.60. The molecule has 1 aliphatic heterocycles. The van der Waals surface area contributed by atoms with Gasteiger partial charge in [0.05, 0.1) is 10.5 Å². The number of carbonyl (C=O) groups excluding carboxylic acids is 1. The number of carbonyl (C=O) groups is 1. The Labute approximate surface area is 177 Å². The predicted octanol–water partition coefficient (Wildman–Crippen LogP) is 2.53. The second-order valence-electron chi connectivity index (χ2n) is 6.74. The molecule has 0 aromatic heterocycles. The predicted molar refractivity (Wildman–Crippen MR) is 117 cm³/mol. The first kappa shape index (κ1) is 21.8. The van der Waals surface area contributed by atoms with Gasteiger partial charge in [0, 0.05) is 44.2 Å². The zero-order valence-corrected chi connectivity index (χ0v) is 18.2. The van der Waals surface area contributed by atoms with Gasteiger partial charge in [-0.15, -0.1) is 11.8 Å². The Kier molecular flexibility index (Phi) is 7.71. The van der Waals surface area contributed by atoms with Gasteiger partial charge in [-0.05, 0) is 30.0 Å². The minimum absolute atomic E-state index is 0.0631. The van der Waals surface area contributed by atoms with Gasteiger partial charge in [0.2, 0.25) is 10.0 Å². The Balaban J connectivity index is 1.47. The molecule has 1 N–H and O–H groups in total. The fraction of sp³-hybridized carbons (Fsp3) is 0.381. The lowest BCUT2D eigenvalue weighted by atomic mass is 10.2. The van der Waals surface area contributed by atoms with Crippen molar-refractivity contribution in [3.05, 3.63) is 60.2 Å². The fourth-order valence-corrected chi connectivity index (χ4v) is 5.54. The number of benzene rings is 2. The van der Waals surface area contributed by atoms with Crippen LogP contribution in [0.15, 0.2) is 64.4 Å². The molecule has 0 unspecified atom stereocenters. The Morgan fingerprint density at radius 2 is 1.66 bits per heavy atom. The van der Waals surface area contributed by atoms with Gasteiger partial charge in [-0.25, -0.2) is 8.42 Å². The molecule has 0 spiro atoms. The maximum atomic E-state index is 12.7. The lowest BCUT2D eigenvalue weighted by Crippen LogP contribution is -2.50. The van der Waals surface area contributed by atoms with E-state index in [-0.39, 0.29) is 5.91 Å². The molecule has 2 aromatic rings. The SMILES string of the molecule is CCSc1ccccc1C(=O)NCCN1CCN(S(=O)(=O)c2ccccc2)CC1. The molecule has 0 saturated carbocycles. The van der Waals surface area contributed by atoms with E-state index in [2.05, 4.69) is 17.1 Å². The summed E-state index contributed by atoms with van der Waals surface area (Å²) in [4.78, 5) is 16.0. The summed E-state index contributed by atoms with van der Waals surface area (Å²) in [5.41, 5.74) is 0.707. The van der Waals surface area contributed by atoms with Crippen LogP contribution in [0.25, 0.3) is 0 Å². The van der Waals surface area contributed by atoms with Crippen molar-refractivity contribution in [3.8, 4) is 0 Å². The van der Waals surface area contributed by atoms with E-state index in [9.17, 15) is 13.2 Å². The van der Waals surface area contributed by atoms with E-state index in [0.717, 1.165) is 10.6 Å². The molecule has 0 aliphatic carbocycles. The van der Waals surface area contributed by atoms with Crippen LogP contribution >= 0.6 is 11.8 Å². The molecule has 29 heavy (non-hydrogen) atoms. The zero-order valence-electron chi connectivity index (χ0n) is 16.6. The van der Waals surface area contributed by atoms with Crippen molar-refractivity contribution in [3.63, 3.8) is 0 Å². The lowest BCUT2D eigenvalue weighted by molar-refractivity contribution is 0.0942. The molecular weight excluding hydrogens is 406 g/mol. The molecule has 156 valence electrons. The summed E-state index contributed by atoms with van der Waals surface area (Å²) < 4.78 is 26.9. The molecule has 1 fully saturated rings. The minimum atomic E-state index is -3.43. The molecule has 1 saturated heterocycles. The smallest absolute Gasteiger partial charge is 0.252 e. The van der Waals surface area contributed by atoms with Crippen molar-refractivity contribution in [2.45, 2.75) is 16.7 Å². The highest BCUT2D eigenvalue weighted by Crippen LogP contribution is 2.22. The number of sulfonamides is 1. The second kappa shape index (κ2) is 10.2. The Hall–Kier alpha value is -1.87. The highest BCUT2D eigenvalue weighted by molar-refractivity contribution is 7.99. The number of piperazine rings is 1. The van der Waals surface area contributed by atoms with Crippen LogP contribution in [-0.2, 0) is 10.0 Å². The molecule has 2 aromatic carbocycles. The van der Waals surface area contributed by atoms with Gasteiger partial charge in [0.15, 0.2) is 0 Å². The van der Waals surface area contributed by atoms with Gasteiger partial charge in [-0.1, -0.05) is 37.3 Å². The number of hydrogen-bond donors (Lipinski definition) is 1. The number of thioether (sulfide) groups is 1. The van der Waals surface area contributed by atoms with Gasteiger partial charge < -0.3 is 5.32 Å². The number of amides is 1. The molecule has 0 radical (unpaired) electrons. The summed E-state index contributed by atoms with van der Waals surface area (Å²) in [6, 6.07) is 16.2. The maximum absolute atomic E-state index is 12.7. The first-order valence-corrected chi connectivity index (χ1v) is 12.2. The van der Waals surface area contributed by atoms with E-state index < -0.39 is 10.0 Å². The van der Waals surface area contributed by atoms with Crippen LogP contribution in [-0.4, -0.2) is 68.6 Å². The van der Waals surface area contributed by atoms with E-state index in [0.29, 0.717) is 49.7 Å². The Morgan fingerprint density at radius 1 is 1.00 bits per heavy atom. The minimum Gasteiger partial charge on any atom is -0.351 e. The van der Waals surface area contributed by atoms with Gasteiger partial charge in [0.25, 0.3) is 5.91 Å². The third-order valence-corrected chi connectivity index (χ3v) is 7.73. The van der Waals surface area contributed by atoms with Crippen molar-refractivity contribution in [2.24, 2.45) is 0 Å². The number of nitrogens with zero attached hydrogens (tertiary/aromatic N) is 2. The molecule has 0 bridgehead atoms. The summed E-state index contributed by atoms with van der Waals surface area (Å²) in [5, 5.41) is 2.99. The lowest BCUT2D eigenvalue weighted by Gasteiger charge is -2.33. The van der Waals surface area contributed by atoms with Crippen molar-refractivity contribution in [1.82, 2.24) is 14.5 Å². The Morgan fingerprint density at radius 3 is 2.34 bits per heavy atom. The summed E-state index contributed by atoms with van der Waals surface area (Å²) in [5.74, 6) is 0.854. The van der Waals surface area contributed by atoms with E-state index in [1.54, 1.807) is 36.0 Å². The summed E-state index contributed by atoms with van der Waals surface area (Å²) in [7, 11) is -3.43. The van der Waals surface area contributed by atoms with Crippen molar-refractivity contribution in [2.75, 3.05) is 45.0 Å². The average Bonchev–Trinajstić information content (AvgIpc) is 2.75. The van der Waals surface area contributed by atoms with E-state index in [1.807, 2.05) is 30.3 Å². The summed E-state index contributed by atoms with van der Waals surface area (Å²) in [6.07, 6.45) is 0. The monoisotopic (exact) mass is 433 g/mol. The summed E-state index contributed by atoms with van der Waals surface area (Å²) in [6.45, 7) is 5.54. The molecule has 6 nitrogen and oxygen atoms in total. The van der Waals surface area contributed by atoms with E-state index >= 15 is 0 Å². The first-order valence-electron chi connectivity index (χ1n) is 9.80. The summed E-state index contributed by atoms with van der Waals surface area (Å²) >= 11 is 1.66. The first-order chi connectivity index (χ1) is 14.0. The van der Waals surface area contributed by atoms with Crippen LogP contribution in [0.2, 0.25) is 0 Å². The molecule has 8 heteroatoms. The van der Waals surface area contributed by atoms with Crippen LogP contribution in [0.3, 0.4) is 0 Å². The molecule has 0 atom stereocenters. The second-order valence-corrected chi connectivity index (χ2v) is 9.99. The van der Waals surface area contributed by atoms with Crippen molar-refractivity contribution < 1.29 is 13.2 Å². The Bertz CT molecular complexity index is 912. The maximum Gasteiger partial charge on any atom is 0.252 e. The molecule has 1 heterocycles. The van der Waals surface area contributed by atoms with Gasteiger partial charge in [0.1, 0.15) is 0 Å². The van der Waals surface area contributed by atoms with E-state index in [1.165, 1.54) is 4.31 Å². The highest BCUT2D eigenvalue weighted by Gasteiger charge is 2.28. The molecule has 1 aliphatic rings. The highest BCUT2D eigenvalue weighted by atomic mass is 32.2. The standard InChI is InChI=1S/C21H27N3O3S2/c1-2-28-20-11-7-6-10-19(20)21(25)22-12-13-23-14-16-24(17-15-23)29(26,27)18-8-4-3-5-9-18/h3-11H,2,12-17H2,1H3,(H,22,25). The van der Waals surface area contributed by atoms with Crippen LogP contribution < -0.4 is 5.32 Å². The fourth-order valence-electron chi connectivity index (χ4n) is 3.29. The topological polar surface area (TPSA) is 69.7 Å². The molecular formula is C21H27N3O3S2. The van der Waals surface area contributed by atoms with Crippen LogP contribution in [0.1, 0.15) is 17.3 Å².